The fourth-order valence-electron chi connectivity index (χ4n) is 3.69. The maximum absolute atomic E-state index is 12.9. The standard InChI is InChI=1S/C26H30N2O4S/c1-18-15-20(3)23(16-19(18)2)21(4)27-26(29)17-28(33(5,30)31)24-13-9-10-14-25(24)32-22-11-7-6-8-12-22/h6-16,21H,17H2,1-5H3,(H,27,29)/t21-/m1/s1. The molecule has 1 amide bonds. The van der Waals surface area contributed by atoms with Crippen LogP contribution >= 0.6 is 0 Å². The van der Waals surface area contributed by atoms with E-state index < -0.39 is 15.9 Å². The first-order chi connectivity index (χ1) is 15.6. The largest absolute Gasteiger partial charge is 0.455 e. The van der Waals surface area contributed by atoms with Gasteiger partial charge in [-0.1, -0.05) is 42.5 Å². The Labute approximate surface area is 196 Å². The van der Waals surface area contributed by atoms with E-state index in [9.17, 15) is 13.2 Å². The van der Waals surface area contributed by atoms with Gasteiger partial charge >= 0.3 is 0 Å². The second kappa shape index (κ2) is 10.1. The Bertz CT molecular complexity index is 1240. The summed E-state index contributed by atoms with van der Waals surface area (Å²) >= 11 is 0. The van der Waals surface area contributed by atoms with Crippen LogP contribution in [0.2, 0.25) is 0 Å². The van der Waals surface area contributed by atoms with E-state index in [1.165, 1.54) is 5.56 Å². The van der Waals surface area contributed by atoms with E-state index in [1.54, 1.807) is 36.4 Å². The van der Waals surface area contributed by atoms with E-state index in [2.05, 4.69) is 17.4 Å². The van der Waals surface area contributed by atoms with Crippen LogP contribution in [-0.4, -0.2) is 27.1 Å². The fraction of sp³-hybridized carbons (Fsp3) is 0.269. The molecule has 1 atom stereocenters. The minimum absolute atomic E-state index is 0.269. The van der Waals surface area contributed by atoms with Crippen LogP contribution in [0.3, 0.4) is 0 Å². The Hall–Kier alpha value is -3.32. The summed E-state index contributed by atoms with van der Waals surface area (Å²) < 4.78 is 32.3. The molecule has 0 aliphatic heterocycles. The summed E-state index contributed by atoms with van der Waals surface area (Å²) in [6, 6.07) is 19.7. The quantitative estimate of drug-likeness (QED) is 0.504. The van der Waals surface area contributed by atoms with Gasteiger partial charge < -0.3 is 10.1 Å². The van der Waals surface area contributed by atoms with Crippen molar-refractivity contribution >= 4 is 21.6 Å². The van der Waals surface area contributed by atoms with Gasteiger partial charge in [0.1, 0.15) is 12.3 Å². The molecule has 174 valence electrons. The predicted molar refractivity (Wildman–Crippen MR) is 132 cm³/mol. The first kappa shape index (κ1) is 24.3. The predicted octanol–water partition coefficient (Wildman–Crippen LogP) is 5.05. The Morgan fingerprint density at radius 1 is 0.939 bits per heavy atom. The highest BCUT2D eigenvalue weighted by molar-refractivity contribution is 7.92. The number of carbonyl (C=O) groups is 1. The molecule has 3 aromatic rings. The van der Waals surface area contributed by atoms with E-state index in [-0.39, 0.29) is 12.6 Å². The number of carbonyl (C=O) groups excluding carboxylic acids is 1. The molecule has 0 bridgehead atoms. The molecule has 33 heavy (non-hydrogen) atoms. The summed E-state index contributed by atoms with van der Waals surface area (Å²) in [5.41, 5.74) is 4.71. The lowest BCUT2D eigenvalue weighted by molar-refractivity contribution is -0.120. The molecular weight excluding hydrogens is 436 g/mol. The van der Waals surface area contributed by atoms with E-state index >= 15 is 0 Å². The molecule has 6 nitrogen and oxygen atoms in total. The van der Waals surface area contributed by atoms with Crippen molar-refractivity contribution in [3.63, 3.8) is 0 Å². The summed E-state index contributed by atoms with van der Waals surface area (Å²) in [6.07, 6.45) is 1.08. The molecule has 0 saturated carbocycles. The zero-order valence-electron chi connectivity index (χ0n) is 19.6. The van der Waals surface area contributed by atoms with Gasteiger partial charge in [0.2, 0.25) is 15.9 Å². The van der Waals surface area contributed by atoms with Gasteiger partial charge in [-0.25, -0.2) is 8.42 Å². The van der Waals surface area contributed by atoms with E-state index in [0.717, 1.165) is 27.3 Å². The van der Waals surface area contributed by atoms with E-state index in [4.69, 9.17) is 4.74 Å². The molecule has 0 aliphatic rings. The molecule has 0 aliphatic carbocycles. The average Bonchev–Trinajstić information content (AvgIpc) is 2.75. The molecule has 0 fully saturated rings. The number of aryl methyl sites for hydroxylation is 3. The Kier molecular flexibility index (Phi) is 7.43. The lowest BCUT2D eigenvalue weighted by Crippen LogP contribution is -2.41. The van der Waals surface area contributed by atoms with Crippen LogP contribution in [-0.2, 0) is 14.8 Å². The van der Waals surface area contributed by atoms with E-state index in [1.807, 2.05) is 45.9 Å². The summed E-state index contributed by atoms with van der Waals surface area (Å²) in [6.45, 7) is 7.62. The zero-order valence-corrected chi connectivity index (χ0v) is 20.4. The smallest absolute Gasteiger partial charge is 0.241 e. The molecule has 0 saturated heterocycles. The second-order valence-electron chi connectivity index (χ2n) is 8.23. The first-order valence-electron chi connectivity index (χ1n) is 10.7. The SMILES string of the molecule is Cc1cc(C)c([C@@H](C)NC(=O)CN(c2ccccc2Oc2ccccc2)S(C)(=O)=O)cc1C. The van der Waals surface area contributed by atoms with Crippen molar-refractivity contribution in [1.29, 1.82) is 0 Å². The van der Waals surface area contributed by atoms with Crippen LogP contribution in [0, 0.1) is 20.8 Å². The number of para-hydroxylation sites is 3. The maximum Gasteiger partial charge on any atom is 0.241 e. The molecule has 1 N–H and O–H groups in total. The zero-order chi connectivity index (χ0) is 24.2. The van der Waals surface area contributed by atoms with Gasteiger partial charge in [-0.3, -0.25) is 9.10 Å². The number of sulfonamides is 1. The third-order valence-corrected chi connectivity index (χ3v) is 6.65. The van der Waals surface area contributed by atoms with Crippen molar-refractivity contribution in [1.82, 2.24) is 5.32 Å². The van der Waals surface area contributed by atoms with Gasteiger partial charge in [-0.05, 0) is 74.2 Å². The van der Waals surface area contributed by atoms with Crippen molar-refractivity contribution in [2.24, 2.45) is 0 Å². The van der Waals surface area contributed by atoms with Crippen LogP contribution in [0.5, 0.6) is 11.5 Å². The lowest BCUT2D eigenvalue weighted by Gasteiger charge is -2.25. The maximum atomic E-state index is 12.9. The first-order valence-corrected chi connectivity index (χ1v) is 12.6. The number of hydrogen-bond donors (Lipinski definition) is 1. The minimum Gasteiger partial charge on any atom is -0.455 e. The monoisotopic (exact) mass is 466 g/mol. The molecule has 0 radical (unpaired) electrons. The number of anilines is 1. The van der Waals surface area contributed by atoms with Crippen molar-refractivity contribution in [2.45, 2.75) is 33.7 Å². The summed E-state index contributed by atoms with van der Waals surface area (Å²) in [7, 11) is -3.76. The molecule has 0 unspecified atom stereocenters. The van der Waals surface area contributed by atoms with Crippen LogP contribution in [0.25, 0.3) is 0 Å². The summed E-state index contributed by atoms with van der Waals surface area (Å²) in [5.74, 6) is 0.515. The Morgan fingerprint density at radius 3 is 2.21 bits per heavy atom. The topological polar surface area (TPSA) is 75.7 Å². The van der Waals surface area contributed by atoms with Crippen LogP contribution in [0.15, 0.2) is 66.7 Å². The summed E-state index contributed by atoms with van der Waals surface area (Å²) in [5, 5.41) is 2.94. The molecule has 7 heteroatoms. The van der Waals surface area contributed by atoms with Gasteiger partial charge in [0.25, 0.3) is 0 Å². The fourth-order valence-corrected chi connectivity index (χ4v) is 4.55. The lowest BCUT2D eigenvalue weighted by atomic mass is 9.96. The number of benzene rings is 3. The van der Waals surface area contributed by atoms with E-state index in [0.29, 0.717) is 17.2 Å². The normalized spacial score (nSPS) is 12.2. The average molecular weight is 467 g/mol. The van der Waals surface area contributed by atoms with Crippen LogP contribution in [0.4, 0.5) is 5.69 Å². The molecule has 0 spiro atoms. The number of nitrogens with one attached hydrogen (secondary N) is 1. The number of hydrogen-bond acceptors (Lipinski definition) is 4. The highest BCUT2D eigenvalue weighted by Gasteiger charge is 2.25. The van der Waals surface area contributed by atoms with Gasteiger partial charge in [0.15, 0.2) is 5.75 Å². The number of ether oxygens (including phenoxy) is 1. The molecular formula is C26H30N2O4S. The number of rotatable bonds is 8. The van der Waals surface area contributed by atoms with Crippen LogP contribution < -0.4 is 14.4 Å². The Morgan fingerprint density at radius 2 is 1.55 bits per heavy atom. The third kappa shape index (κ3) is 6.14. The highest BCUT2D eigenvalue weighted by Crippen LogP contribution is 2.33. The third-order valence-electron chi connectivity index (χ3n) is 5.52. The summed E-state index contributed by atoms with van der Waals surface area (Å²) in [4.78, 5) is 12.9. The molecule has 0 aromatic heterocycles. The van der Waals surface area contributed by atoms with Gasteiger partial charge in [-0.2, -0.15) is 0 Å². The molecule has 3 aromatic carbocycles. The second-order valence-corrected chi connectivity index (χ2v) is 10.1. The highest BCUT2D eigenvalue weighted by atomic mass is 32.2. The minimum atomic E-state index is -3.76. The number of amides is 1. The molecule has 3 rings (SSSR count). The Balaban J connectivity index is 1.84. The van der Waals surface area contributed by atoms with Crippen molar-refractivity contribution in [2.75, 3.05) is 17.1 Å². The van der Waals surface area contributed by atoms with Gasteiger partial charge in [0.05, 0.1) is 18.0 Å². The van der Waals surface area contributed by atoms with Crippen LogP contribution in [0.1, 0.15) is 35.2 Å². The van der Waals surface area contributed by atoms with Gasteiger partial charge in [-0.15, -0.1) is 0 Å². The van der Waals surface area contributed by atoms with Crippen molar-refractivity contribution in [3.8, 4) is 11.5 Å². The number of nitrogens with zero attached hydrogens (tertiary/aromatic N) is 1. The van der Waals surface area contributed by atoms with Crippen molar-refractivity contribution < 1.29 is 17.9 Å². The molecule has 0 heterocycles. The van der Waals surface area contributed by atoms with Gasteiger partial charge in [0, 0.05) is 0 Å². The van der Waals surface area contributed by atoms with Crippen molar-refractivity contribution in [3.05, 3.63) is 89.0 Å².